The highest BCUT2D eigenvalue weighted by atomic mass is 35.5. The Hall–Kier alpha value is -2.32. The van der Waals surface area contributed by atoms with Gasteiger partial charge in [-0.3, -0.25) is 9.79 Å². The highest BCUT2D eigenvalue weighted by molar-refractivity contribution is 6.35. The molecule has 7 nitrogen and oxygen atoms in total. The fraction of sp³-hybridized carbons (Fsp3) is 0.364. The zero-order valence-corrected chi connectivity index (χ0v) is 19.0. The normalized spacial score (nSPS) is 18.1. The van der Waals surface area contributed by atoms with Crippen LogP contribution in [0.1, 0.15) is 41.0 Å². The zero-order valence-electron chi connectivity index (χ0n) is 17.4. The van der Waals surface area contributed by atoms with Crippen molar-refractivity contribution in [2.45, 2.75) is 30.8 Å². The van der Waals surface area contributed by atoms with Crippen LogP contribution in [0.3, 0.4) is 0 Å². The number of rotatable bonds is 7. The van der Waals surface area contributed by atoms with Crippen LogP contribution in [0.25, 0.3) is 0 Å². The number of amides is 1. The molecule has 8 N–H and O–H groups in total. The highest BCUT2D eigenvalue weighted by Gasteiger charge is 2.35. The number of halogens is 2. The molecule has 0 aliphatic carbocycles. The van der Waals surface area contributed by atoms with Crippen LogP contribution in [-0.2, 0) is 16.9 Å². The van der Waals surface area contributed by atoms with E-state index in [1.807, 2.05) is 37.4 Å². The number of carbonyl (C=O) groups is 1. The molecule has 1 aliphatic heterocycles. The van der Waals surface area contributed by atoms with Crippen LogP contribution < -0.4 is 22.9 Å². The lowest BCUT2D eigenvalue weighted by atomic mass is 9.80. The first-order valence-electron chi connectivity index (χ1n) is 10.0. The summed E-state index contributed by atoms with van der Waals surface area (Å²) in [6.45, 7) is 1.90. The fourth-order valence-electron chi connectivity index (χ4n) is 4.14. The van der Waals surface area contributed by atoms with E-state index in [2.05, 4.69) is 9.89 Å². The fourth-order valence-corrected chi connectivity index (χ4v) is 4.71. The summed E-state index contributed by atoms with van der Waals surface area (Å²) in [5, 5.41) is 1.25. The molecule has 0 fully saturated rings. The number of hydrogen-bond acceptors (Lipinski definition) is 4. The monoisotopic (exact) mass is 462 g/mol. The summed E-state index contributed by atoms with van der Waals surface area (Å²) >= 11 is 12.8. The van der Waals surface area contributed by atoms with Gasteiger partial charge in [-0.25, -0.2) is 0 Å². The van der Waals surface area contributed by atoms with Crippen molar-refractivity contribution in [3.63, 3.8) is 0 Å². The van der Waals surface area contributed by atoms with Gasteiger partial charge in [0, 0.05) is 35.6 Å². The van der Waals surface area contributed by atoms with Crippen molar-refractivity contribution in [3.8, 4) is 0 Å². The number of guanidine groups is 1. The Bertz CT molecular complexity index is 1010. The van der Waals surface area contributed by atoms with Crippen molar-refractivity contribution in [2.24, 2.45) is 27.9 Å². The van der Waals surface area contributed by atoms with Crippen molar-refractivity contribution in [1.29, 1.82) is 0 Å². The Labute approximate surface area is 192 Å². The number of carbonyl (C=O) groups excluding carboxylic acids is 1. The third kappa shape index (κ3) is 5.13. The maximum atomic E-state index is 12.3. The van der Waals surface area contributed by atoms with E-state index in [1.165, 1.54) is 0 Å². The molecule has 0 saturated carbocycles. The van der Waals surface area contributed by atoms with Crippen LogP contribution in [0.4, 0.5) is 0 Å². The van der Waals surface area contributed by atoms with E-state index < -0.39 is 11.4 Å². The number of aliphatic imine (C=N–C) groups is 1. The molecule has 2 unspecified atom stereocenters. The second kappa shape index (κ2) is 9.44. The van der Waals surface area contributed by atoms with Crippen molar-refractivity contribution in [2.75, 3.05) is 20.1 Å². The van der Waals surface area contributed by atoms with E-state index >= 15 is 0 Å². The number of hydrogen-bond donors (Lipinski definition) is 4. The van der Waals surface area contributed by atoms with Crippen LogP contribution in [0, 0.1) is 0 Å². The van der Waals surface area contributed by atoms with Crippen LogP contribution in [0.5, 0.6) is 0 Å². The summed E-state index contributed by atoms with van der Waals surface area (Å²) in [5.41, 5.74) is 25.5. The van der Waals surface area contributed by atoms with Gasteiger partial charge in [0.05, 0.1) is 0 Å². The SMILES string of the molecule is CN1Cc2c(Cl)cc(Cl)cc2C(c2cccc(C(N)(CCCN=C(N)N)C(N)=O)c2)C1. The van der Waals surface area contributed by atoms with Crippen molar-refractivity contribution >= 4 is 35.1 Å². The summed E-state index contributed by atoms with van der Waals surface area (Å²) in [7, 11) is 2.05. The Morgan fingerprint density at radius 2 is 1.97 bits per heavy atom. The topological polar surface area (TPSA) is 137 Å². The maximum absolute atomic E-state index is 12.3. The number of primary amides is 1. The molecule has 1 amide bonds. The van der Waals surface area contributed by atoms with Crippen LogP contribution >= 0.6 is 23.2 Å². The highest BCUT2D eigenvalue weighted by Crippen LogP contribution is 2.39. The Kier molecular flexibility index (Phi) is 7.11. The van der Waals surface area contributed by atoms with E-state index in [1.54, 1.807) is 6.07 Å². The largest absolute Gasteiger partial charge is 0.370 e. The Morgan fingerprint density at radius 1 is 1.23 bits per heavy atom. The van der Waals surface area contributed by atoms with Gasteiger partial charge in [0.2, 0.25) is 5.91 Å². The van der Waals surface area contributed by atoms with Gasteiger partial charge in [-0.2, -0.15) is 0 Å². The van der Waals surface area contributed by atoms with Crippen LogP contribution in [0.2, 0.25) is 10.0 Å². The zero-order chi connectivity index (χ0) is 22.8. The molecule has 2 aromatic rings. The van der Waals surface area contributed by atoms with Gasteiger partial charge in [-0.1, -0.05) is 47.5 Å². The minimum atomic E-state index is -1.33. The number of benzene rings is 2. The third-order valence-corrected chi connectivity index (χ3v) is 6.32. The Balaban J connectivity index is 1.97. The molecule has 0 aromatic heterocycles. The molecule has 0 radical (unpaired) electrons. The molecule has 0 spiro atoms. The summed E-state index contributed by atoms with van der Waals surface area (Å²) in [6, 6.07) is 11.4. The third-order valence-electron chi connectivity index (χ3n) is 5.76. The predicted octanol–water partition coefficient (Wildman–Crippen LogP) is 2.26. The van der Waals surface area contributed by atoms with Gasteiger partial charge in [-0.15, -0.1) is 0 Å². The predicted molar refractivity (Wildman–Crippen MR) is 126 cm³/mol. The number of nitrogens with two attached hydrogens (primary N) is 4. The maximum Gasteiger partial charge on any atom is 0.242 e. The quantitative estimate of drug-likeness (QED) is 0.284. The molecular formula is C22H28Cl2N6O. The smallest absolute Gasteiger partial charge is 0.242 e. The molecule has 2 atom stereocenters. The standard InChI is InChI=1S/C22H28Cl2N6O/c1-30-11-17(16-9-15(23)10-19(24)18(16)12-30)13-4-2-5-14(8-13)22(28,20(25)31)6-3-7-29-21(26)27/h2,4-5,8-10,17H,3,6-7,11-12,28H2,1H3,(H2,25,31)(H4,26,27,29). The van der Waals surface area contributed by atoms with Crippen LogP contribution in [-0.4, -0.2) is 36.9 Å². The minimum Gasteiger partial charge on any atom is -0.370 e. The number of nitrogens with zero attached hydrogens (tertiary/aromatic N) is 2. The molecule has 0 saturated heterocycles. The van der Waals surface area contributed by atoms with Crippen LogP contribution in [0.15, 0.2) is 41.4 Å². The Morgan fingerprint density at radius 3 is 2.65 bits per heavy atom. The van der Waals surface area contributed by atoms with E-state index in [0.29, 0.717) is 35.0 Å². The second-order valence-corrected chi connectivity index (χ2v) is 8.92. The van der Waals surface area contributed by atoms with Gasteiger partial charge in [-0.05, 0) is 54.3 Å². The van der Waals surface area contributed by atoms with Gasteiger partial charge in [0.1, 0.15) is 5.54 Å². The van der Waals surface area contributed by atoms with Gasteiger partial charge >= 0.3 is 0 Å². The summed E-state index contributed by atoms with van der Waals surface area (Å²) in [6.07, 6.45) is 0.836. The van der Waals surface area contributed by atoms with Crippen molar-refractivity contribution in [1.82, 2.24) is 4.90 Å². The number of fused-ring (bicyclic) bond motifs is 1. The molecule has 1 heterocycles. The van der Waals surface area contributed by atoms with E-state index in [0.717, 1.165) is 29.8 Å². The van der Waals surface area contributed by atoms with E-state index in [-0.39, 0.29) is 11.9 Å². The lowest BCUT2D eigenvalue weighted by Gasteiger charge is -2.34. The average Bonchev–Trinajstić information content (AvgIpc) is 2.71. The lowest BCUT2D eigenvalue weighted by molar-refractivity contribution is -0.123. The summed E-state index contributed by atoms with van der Waals surface area (Å²) in [5.74, 6) is -0.564. The molecular weight excluding hydrogens is 435 g/mol. The summed E-state index contributed by atoms with van der Waals surface area (Å²) in [4.78, 5) is 18.5. The molecule has 1 aliphatic rings. The van der Waals surface area contributed by atoms with Crippen molar-refractivity contribution in [3.05, 3.63) is 68.7 Å². The van der Waals surface area contributed by atoms with Crippen molar-refractivity contribution < 1.29 is 4.79 Å². The van der Waals surface area contributed by atoms with E-state index in [4.69, 9.17) is 46.1 Å². The first kappa shape index (κ1) is 23.3. The van der Waals surface area contributed by atoms with Gasteiger partial charge in [0.25, 0.3) is 0 Å². The molecule has 31 heavy (non-hydrogen) atoms. The minimum absolute atomic E-state index is 0.00102. The molecule has 166 valence electrons. The number of likely N-dealkylation sites (N-methyl/N-ethyl adjacent to an activating group) is 1. The molecule has 9 heteroatoms. The first-order valence-corrected chi connectivity index (χ1v) is 10.8. The van der Waals surface area contributed by atoms with Gasteiger partial charge < -0.3 is 27.8 Å². The molecule has 3 rings (SSSR count). The van der Waals surface area contributed by atoms with E-state index in [9.17, 15) is 4.79 Å². The average molecular weight is 463 g/mol. The lowest BCUT2D eigenvalue weighted by Crippen LogP contribution is -2.49. The van der Waals surface area contributed by atoms with Gasteiger partial charge in [0.15, 0.2) is 5.96 Å². The summed E-state index contributed by atoms with van der Waals surface area (Å²) < 4.78 is 0. The molecule has 0 bridgehead atoms. The second-order valence-electron chi connectivity index (χ2n) is 8.08. The first-order chi connectivity index (χ1) is 14.6. The molecule has 2 aromatic carbocycles.